The molecule has 0 amide bonds. The van der Waals surface area contributed by atoms with Crippen LogP contribution in [0.1, 0.15) is 6.92 Å². The van der Waals surface area contributed by atoms with Crippen LogP contribution in [0.5, 0.6) is 0 Å². The van der Waals surface area contributed by atoms with Gasteiger partial charge in [0.05, 0.1) is 6.61 Å². The van der Waals surface area contributed by atoms with Gasteiger partial charge in [-0.1, -0.05) is 21.6 Å². The lowest BCUT2D eigenvalue weighted by Crippen LogP contribution is -2.13. The Labute approximate surface area is 74.8 Å². The third kappa shape index (κ3) is 2.48. The Hall–Kier alpha value is 0.870. The molecule has 0 saturated carbocycles. The molecule has 0 aromatic carbocycles. The smallest absolute Gasteiger partial charge is 0.331 e. The van der Waals surface area contributed by atoms with Crippen molar-refractivity contribution in [3.05, 3.63) is 0 Å². The fraction of sp³-hybridized carbons (Fsp3) is 0.750. The molecule has 0 bridgehead atoms. The second-order valence-corrected chi connectivity index (χ2v) is 7.73. The molecule has 1 saturated heterocycles. The van der Waals surface area contributed by atoms with Crippen LogP contribution < -0.4 is 0 Å². The monoisotopic (exact) mass is 214 g/mol. The first-order valence-electron chi connectivity index (χ1n) is 2.66. The molecule has 0 aromatic rings. The number of carbonyl (C=O) groups is 1. The Balaban J connectivity index is 2.25. The van der Waals surface area contributed by atoms with E-state index in [-0.39, 0.29) is 10.6 Å². The molecule has 1 heterocycles. The minimum atomic E-state index is -0.102. The summed E-state index contributed by atoms with van der Waals surface area (Å²) in [6.07, 6.45) is 0. The van der Waals surface area contributed by atoms with E-state index in [1.807, 2.05) is 6.92 Å². The van der Waals surface area contributed by atoms with Crippen LogP contribution in [0.2, 0.25) is 0 Å². The van der Waals surface area contributed by atoms with E-state index in [0.29, 0.717) is 6.61 Å². The van der Waals surface area contributed by atoms with Gasteiger partial charge in [-0.25, -0.2) is 4.79 Å². The first-order valence-corrected chi connectivity index (χ1v) is 7.61. The Kier molecular flexibility index (Phi) is 4.20. The normalized spacial score (nSPS) is 19.3. The van der Waals surface area contributed by atoms with Gasteiger partial charge in [0, 0.05) is 0 Å². The van der Waals surface area contributed by atoms with Gasteiger partial charge in [-0.05, 0) is 26.6 Å². The van der Waals surface area contributed by atoms with Crippen molar-refractivity contribution in [2.75, 3.05) is 6.61 Å². The number of hydrogen-bond donors (Lipinski definition) is 0. The van der Waals surface area contributed by atoms with Crippen molar-refractivity contribution >= 4 is 47.2 Å². The first-order chi connectivity index (χ1) is 4.84. The lowest BCUT2D eigenvalue weighted by Gasteiger charge is -2.03. The molecular formula is C4H6O2S4. The zero-order valence-electron chi connectivity index (χ0n) is 5.23. The molecule has 1 aliphatic heterocycles. The molecule has 6 heteroatoms. The quantitative estimate of drug-likeness (QED) is 0.518. The molecule has 58 valence electrons. The van der Waals surface area contributed by atoms with E-state index in [0.717, 1.165) is 0 Å². The van der Waals surface area contributed by atoms with Crippen molar-refractivity contribution in [2.45, 2.75) is 11.5 Å². The zero-order chi connectivity index (χ0) is 7.40. The highest BCUT2D eigenvalue weighted by atomic mass is 33.7. The van der Waals surface area contributed by atoms with E-state index in [9.17, 15) is 4.79 Å². The first kappa shape index (κ1) is 8.96. The molecule has 0 N–H and O–H groups in total. The molecular weight excluding hydrogens is 208 g/mol. The van der Waals surface area contributed by atoms with Crippen molar-refractivity contribution in [3.63, 3.8) is 0 Å². The van der Waals surface area contributed by atoms with Crippen molar-refractivity contribution in [1.82, 2.24) is 0 Å². The molecule has 2 nitrogen and oxygen atoms in total. The lowest BCUT2D eigenvalue weighted by atomic mass is 10.7. The van der Waals surface area contributed by atoms with Gasteiger partial charge in [-0.3, -0.25) is 0 Å². The molecule has 0 aromatic heterocycles. The summed E-state index contributed by atoms with van der Waals surface area (Å²) in [6.45, 7) is 2.30. The van der Waals surface area contributed by atoms with E-state index in [1.165, 1.54) is 0 Å². The Morgan fingerprint density at radius 1 is 1.50 bits per heavy atom. The maximum absolute atomic E-state index is 11.0. The van der Waals surface area contributed by atoms with E-state index < -0.39 is 0 Å². The lowest BCUT2D eigenvalue weighted by molar-refractivity contribution is -0.140. The van der Waals surface area contributed by atoms with E-state index in [1.54, 1.807) is 41.2 Å². The van der Waals surface area contributed by atoms with Gasteiger partial charge >= 0.3 is 5.97 Å². The summed E-state index contributed by atoms with van der Waals surface area (Å²) in [5.74, 6) is -0.102. The van der Waals surface area contributed by atoms with E-state index in [2.05, 4.69) is 0 Å². The zero-order valence-corrected chi connectivity index (χ0v) is 8.50. The molecule has 1 aliphatic rings. The van der Waals surface area contributed by atoms with E-state index in [4.69, 9.17) is 4.74 Å². The fourth-order valence-electron chi connectivity index (χ4n) is 0.408. The van der Waals surface area contributed by atoms with Gasteiger partial charge in [0.25, 0.3) is 0 Å². The van der Waals surface area contributed by atoms with Crippen LogP contribution in [0, 0.1) is 0 Å². The van der Waals surface area contributed by atoms with Gasteiger partial charge in [-0.2, -0.15) is 0 Å². The van der Waals surface area contributed by atoms with Gasteiger partial charge < -0.3 is 4.74 Å². The van der Waals surface area contributed by atoms with Crippen molar-refractivity contribution in [2.24, 2.45) is 0 Å². The highest BCUT2D eigenvalue weighted by molar-refractivity contribution is 9.31. The maximum Gasteiger partial charge on any atom is 0.331 e. The SMILES string of the molecule is CCOC(=O)C1SSSS1. The summed E-state index contributed by atoms with van der Waals surface area (Å²) in [5, 5.41) is 0. The standard InChI is InChI=1S/C4H6O2S4/c1-2-6-3(5)4-7-9-10-8-4/h4H,2H2,1H3. The summed E-state index contributed by atoms with van der Waals surface area (Å²) in [5.41, 5.74) is 0. The van der Waals surface area contributed by atoms with Crippen LogP contribution >= 0.6 is 41.2 Å². The van der Waals surface area contributed by atoms with Gasteiger partial charge in [-0.15, -0.1) is 0 Å². The molecule has 0 radical (unpaired) electrons. The summed E-state index contributed by atoms with van der Waals surface area (Å²) >= 11 is 0. The number of ether oxygens (including phenoxy) is 1. The van der Waals surface area contributed by atoms with Crippen LogP contribution in [0.4, 0.5) is 0 Å². The molecule has 0 unspecified atom stereocenters. The van der Waals surface area contributed by atoms with Gasteiger partial charge in [0.1, 0.15) is 0 Å². The van der Waals surface area contributed by atoms with Crippen molar-refractivity contribution in [3.8, 4) is 0 Å². The Bertz CT molecular complexity index is 122. The maximum atomic E-state index is 11.0. The minimum absolute atomic E-state index is 0.0186. The average Bonchev–Trinajstić information content (AvgIpc) is 2.38. The second kappa shape index (κ2) is 4.69. The summed E-state index contributed by atoms with van der Waals surface area (Å²) in [6, 6.07) is 0. The molecule has 1 fully saturated rings. The highest BCUT2D eigenvalue weighted by Gasteiger charge is 2.27. The van der Waals surface area contributed by atoms with Gasteiger partial charge in [0.2, 0.25) is 0 Å². The van der Waals surface area contributed by atoms with Crippen LogP contribution in [0.15, 0.2) is 0 Å². The highest BCUT2D eigenvalue weighted by Crippen LogP contribution is 2.58. The molecule has 1 rings (SSSR count). The summed E-state index contributed by atoms with van der Waals surface area (Å²) < 4.78 is 4.80. The summed E-state index contributed by atoms with van der Waals surface area (Å²) in [4.78, 5) is 11.0. The number of carbonyl (C=O) groups excluding carboxylic acids is 1. The second-order valence-electron chi connectivity index (χ2n) is 1.41. The third-order valence-electron chi connectivity index (χ3n) is 0.760. The van der Waals surface area contributed by atoms with Crippen molar-refractivity contribution < 1.29 is 9.53 Å². The predicted octanol–water partition coefficient (Wildman–Crippen LogP) is 2.57. The topological polar surface area (TPSA) is 26.3 Å². The number of hydrogen-bond acceptors (Lipinski definition) is 6. The number of rotatable bonds is 2. The van der Waals surface area contributed by atoms with Crippen LogP contribution in [-0.2, 0) is 9.53 Å². The molecule has 0 atom stereocenters. The predicted molar refractivity (Wildman–Crippen MR) is 50.8 cm³/mol. The van der Waals surface area contributed by atoms with Crippen molar-refractivity contribution in [1.29, 1.82) is 0 Å². The Morgan fingerprint density at radius 3 is 2.60 bits per heavy atom. The summed E-state index contributed by atoms with van der Waals surface area (Å²) in [7, 11) is 6.38. The van der Waals surface area contributed by atoms with E-state index >= 15 is 0 Å². The van der Waals surface area contributed by atoms with Gasteiger partial charge in [0.15, 0.2) is 4.58 Å². The largest absolute Gasteiger partial charge is 0.464 e. The molecule has 0 aliphatic carbocycles. The van der Waals surface area contributed by atoms with Crippen LogP contribution in [0.3, 0.4) is 0 Å². The molecule has 10 heavy (non-hydrogen) atoms. The van der Waals surface area contributed by atoms with Crippen LogP contribution in [0.25, 0.3) is 0 Å². The fourth-order valence-corrected chi connectivity index (χ4v) is 8.61. The molecule has 0 spiro atoms. The number of esters is 1. The Morgan fingerprint density at radius 2 is 2.10 bits per heavy atom. The third-order valence-corrected chi connectivity index (χ3v) is 8.22. The average molecular weight is 214 g/mol. The minimum Gasteiger partial charge on any atom is -0.464 e. The van der Waals surface area contributed by atoms with Crippen LogP contribution in [-0.4, -0.2) is 17.2 Å².